The Labute approximate surface area is 132 Å². The molecule has 2 aliphatic heterocycles. The number of allylic oxidation sites excluding steroid dienone is 2. The first-order valence-corrected chi connectivity index (χ1v) is 6.65. The Kier molecular flexibility index (Phi) is 5.83. The van der Waals surface area contributed by atoms with Gasteiger partial charge in [0, 0.05) is 19.5 Å². The van der Waals surface area contributed by atoms with Gasteiger partial charge < -0.3 is 10.0 Å². The molecule has 0 bridgehead atoms. The average Bonchev–Trinajstić information content (AvgIpc) is 2.42. The summed E-state index contributed by atoms with van der Waals surface area (Å²) in [6, 6.07) is 0. The number of hydrogen-bond donors (Lipinski definition) is 1. The highest BCUT2D eigenvalue weighted by atomic mass is 16.3. The molecule has 0 aliphatic carbocycles. The van der Waals surface area contributed by atoms with E-state index in [1.807, 2.05) is 0 Å². The number of carbonyl (C=O) groups is 5. The van der Waals surface area contributed by atoms with Crippen molar-refractivity contribution in [3.8, 4) is 0 Å². The van der Waals surface area contributed by atoms with Gasteiger partial charge in [-0.2, -0.15) is 0 Å². The van der Waals surface area contributed by atoms with E-state index in [9.17, 15) is 24.0 Å². The Balaban J connectivity index is 0.000000231. The van der Waals surface area contributed by atoms with Crippen LogP contribution in [0.2, 0.25) is 0 Å². The highest BCUT2D eigenvalue weighted by molar-refractivity contribution is 6.24. The molecule has 1 N–H and O–H groups in total. The summed E-state index contributed by atoms with van der Waals surface area (Å²) in [5.74, 6) is -1.83. The molecule has 122 valence electrons. The van der Waals surface area contributed by atoms with Crippen LogP contribution in [0.1, 0.15) is 26.7 Å². The van der Waals surface area contributed by atoms with Crippen molar-refractivity contribution in [3.63, 3.8) is 0 Å². The van der Waals surface area contributed by atoms with Gasteiger partial charge in [-0.1, -0.05) is 0 Å². The van der Waals surface area contributed by atoms with Gasteiger partial charge >= 0.3 is 0 Å². The zero-order valence-electron chi connectivity index (χ0n) is 13.0. The SMILES string of the molecule is CC(=O)C1=C(O)CC(=O)N=C1.CC(=O)C1=CN(C)C(=O)CC1=O. The molecule has 0 fully saturated rings. The van der Waals surface area contributed by atoms with Crippen LogP contribution < -0.4 is 0 Å². The third kappa shape index (κ3) is 4.80. The van der Waals surface area contributed by atoms with Gasteiger partial charge in [0.05, 0.1) is 24.0 Å². The first-order chi connectivity index (χ1) is 10.6. The molecule has 0 unspecified atom stereocenters. The van der Waals surface area contributed by atoms with E-state index in [-0.39, 0.29) is 53.0 Å². The highest BCUT2D eigenvalue weighted by Gasteiger charge is 2.25. The van der Waals surface area contributed by atoms with Gasteiger partial charge in [-0.25, -0.2) is 4.99 Å². The third-order valence-corrected chi connectivity index (χ3v) is 3.05. The zero-order chi connectivity index (χ0) is 17.7. The van der Waals surface area contributed by atoms with Gasteiger partial charge in [-0.3, -0.25) is 24.0 Å². The molecule has 2 rings (SSSR count). The van der Waals surface area contributed by atoms with E-state index in [0.29, 0.717) is 0 Å². The molecule has 0 saturated heterocycles. The summed E-state index contributed by atoms with van der Waals surface area (Å²) in [5, 5.41) is 9.06. The lowest BCUT2D eigenvalue weighted by atomic mass is 10.0. The summed E-state index contributed by atoms with van der Waals surface area (Å²) in [6.07, 6.45) is 2.04. The molecule has 0 aromatic heterocycles. The van der Waals surface area contributed by atoms with E-state index < -0.39 is 5.91 Å². The predicted octanol–water partition coefficient (Wildman–Crippen LogP) is 0.279. The number of aliphatic hydroxyl groups excluding tert-OH is 1. The van der Waals surface area contributed by atoms with Gasteiger partial charge in [0.15, 0.2) is 17.3 Å². The minimum atomic E-state index is -0.424. The number of rotatable bonds is 2. The number of Topliss-reactive ketones (excluding diaryl/α,β-unsaturated/α-hetero) is 3. The molecule has 23 heavy (non-hydrogen) atoms. The second-order valence-corrected chi connectivity index (χ2v) is 4.95. The summed E-state index contributed by atoms with van der Waals surface area (Å²) < 4.78 is 0. The fraction of sp³-hybridized carbons (Fsp3) is 0.333. The first-order valence-electron chi connectivity index (χ1n) is 6.65. The van der Waals surface area contributed by atoms with Crippen LogP contribution in [-0.4, -0.2) is 52.4 Å². The van der Waals surface area contributed by atoms with Crippen molar-refractivity contribution in [3.05, 3.63) is 23.1 Å². The highest BCUT2D eigenvalue weighted by Crippen LogP contribution is 2.11. The molecule has 2 heterocycles. The number of dihydropyridines is 1. The van der Waals surface area contributed by atoms with Crippen molar-refractivity contribution < 1.29 is 29.1 Å². The second kappa shape index (κ2) is 7.39. The molecule has 0 radical (unpaired) electrons. The Hall–Kier alpha value is -2.90. The van der Waals surface area contributed by atoms with Crippen molar-refractivity contribution in [1.82, 2.24) is 4.90 Å². The summed E-state index contributed by atoms with van der Waals surface area (Å²) in [6.45, 7) is 2.63. The minimum absolute atomic E-state index is 0.108. The number of hydrogen-bond acceptors (Lipinski definition) is 6. The molecule has 2 aliphatic rings. The van der Waals surface area contributed by atoms with Crippen LogP contribution in [0.4, 0.5) is 0 Å². The molecule has 0 saturated carbocycles. The molecule has 0 spiro atoms. The van der Waals surface area contributed by atoms with Crippen molar-refractivity contribution >= 4 is 35.4 Å². The lowest BCUT2D eigenvalue weighted by Gasteiger charge is -2.18. The van der Waals surface area contributed by atoms with Gasteiger partial charge in [0.1, 0.15) is 5.76 Å². The molecule has 8 nitrogen and oxygen atoms in total. The monoisotopic (exact) mass is 320 g/mol. The third-order valence-electron chi connectivity index (χ3n) is 3.05. The van der Waals surface area contributed by atoms with Crippen LogP contribution in [0.5, 0.6) is 0 Å². The van der Waals surface area contributed by atoms with Crippen LogP contribution >= 0.6 is 0 Å². The average molecular weight is 320 g/mol. The largest absolute Gasteiger partial charge is 0.511 e. The quantitative estimate of drug-likeness (QED) is 0.576. The van der Waals surface area contributed by atoms with Crippen LogP contribution in [0, 0.1) is 0 Å². The smallest absolute Gasteiger partial charge is 0.253 e. The van der Waals surface area contributed by atoms with Gasteiger partial charge in [0.25, 0.3) is 5.91 Å². The molecule has 0 atom stereocenters. The predicted molar refractivity (Wildman–Crippen MR) is 79.6 cm³/mol. The Morgan fingerprint density at radius 3 is 2.22 bits per heavy atom. The number of aliphatic imine (C=N–C) groups is 1. The fourth-order valence-corrected chi connectivity index (χ4v) is 1.77. The van der Waals surface area contributed by atoms with E-state index in [1.54, 1.807) is 0 Å². The van der Waals surface area contributed by atoms with Crippen molar-refractivity contribution in [1.29, 1.82) is 0 Å². The topological polar surface area (TPSA) is 121 Å². The van der Waals surface area contributed by atoms with E-state index in [0.717, 1.165) is 6.21 Å². The van der Waals surface area contributed by atoms with Gasteiger partial charge in [0.2, 0.25) is 5.91 Å². The molecule has 0 aromatic rings. The Morgan fingerprint density at radius 1 is 1.13 bits per heavy atom. The number of aliphatic hydroxyl groups is 1. The maximum absolute atomic E-state index is 11.1. The van der Waals surface area contributed by atoms with Crippen LogP contribution in [0.25, 0.3) is 0 Å². The minimum Gasteiger partial charge on any atom is -0.511 e. The molecular formula is C15H16N2O6. The Bertz CT molecular complexity index is 684. The van der Waals surface area contributed by atoms with Crippen molar-refractivity contribution in [2.75, 3.05) is 7.05 Å². The molecule has 0 aromatic carbocycles. The lowest BCUT2D eigenvalue weighted by molar-refractivity contribution is -0.133. The lowest BCUT2D eigenvalue weighted by Crippen LogP contribution is -2.31. The van der Waals surface area contributed by atoms with E-state index in [2.05, 4.69) is 4.99 Å². The molecular weight excluding hydrogens is 304 g/mol. The van der Waals surface area contributed by atoms with Crippen LogP contribution in [0.3, 0.4) is 0 Å². The van der Waals surface area contributed by atoms with Crippen molar-refractivity contribution in [2.45, 2.75) is 26.7 Å². The van der Waals surface area contributed by atoms with E-state index in [1.165, 1.54) is 32.0 Å². The molecule has 2 amide bonds. The zero-order valence-corrected chi connectivity index (χ0v) is 13.0. The fourth-order valence-electron chi connectivity index (χ4n) is 1.77. The Morgan fingerprint density at radius 2 is 1.74 bits per heavy atom. The summed E-state index contributed by atoms with van der Waals surface area (Å²) in [5.41, 5.74) is 0.238. The summed E-state index contributed by atoms with van der Waals surface area (Å²) >= 11 is 0. The van der Waals surface area contributed by atoms with Crippen molar-refractivity contribution in [2.24, 2.45) is 4.99 Å². The van der Waals surface area contributed by atoms with E-state index >= 15 is 0 Å². The number of carbonyl (C=O) groups excluding carboxylic acids is 5. The maximum Gasteiger partial charge on any atom is 0.253 e. The standard InChI is InChI=1S/C8H9NO3.C7H7NO3/c1-5(10)6-4-9(2)8(12)3-7(6)11;1-4(9)5-3-8-7(11)2-6(5)10/h4H,3H2,1-2H3;3,10H,2H2,1H3. The number of nitrogens with zero attached hydrogens (tertiary/aromatic N) is 2. The number of amides is 2. The normalized spacial score (nSPS) is 17.6. The second-order valence-electron chi connectivity index (χ2n) is 4.95. The maximum atomic E-state index is 11.1. The molecule has 8 heteroatoms. The summed E-state index contributed by atoms with van der Waals surface area (Å²) in [7, 11) is 1.53. The van der Waals surface area contributed by atoms with Crippen LogP contribution in [-0.2, 0) is 24.0 Å². The van der Waals surface area contributed by atoms with Gasteiger partial charge in [-0.05, 0) is 13.8 Å². The first kappa shape index (κ1) is 18.1. The van der Waals surface area contributed by atoms with Crippen LogP contribution in [0.15, 0.2) is 28.1 Å². The van der Waals surface area contributed by atoms with Gasteiger partial charge in [-0.15, -0.1) is 0 Å². The number of ketones is 3. The van der Waals surface area contributed by atoms with E-state index in [4.69, 9.17) is 5.11 Å². The summed E-state index contributed by atoms with van der Waals surface area (Å²) in [4.78, 5) is 58.7.